The van der Waals surface area contributed by atoms with Crippen LogP contribution in [0.25, 0.3) is 10.9 Å². The molecule has 9 heteroatoms. The number of aliphatic hydroxyl groups excluding tert-OH is 3. The summed E-state index contributed by atoms with van der Waals surface area (Å²) in [6.45, 7) is 5.64. The van der Waals surface area contributed by atoms with E-state index in [1.54, 1.807) is 0 Å². The molecule has 0 bridgehead atoms. The molecule has 1 aromatic heterocycles. The van der Waals surface area contributed by atoms with Crippen molar-refractivity contribution in [1.29, 1.82) is 0 Å². The number of aliphatic imine (C=N–C) groups is 1. The zero-order valence-corrected chi connectivity index (χ0v) is 32.9. The van der Waals surface area contributed by atoms with E-state index in [0.29, 0.717) is 51.0 Å². The Morgan fingerprint density at radius 3 is 2.73 bits per heavy atom. The van der Waals surface area contributed by atoms with Gasteiger partial charge in [-0.25, -0.2) is 0 Å². The van der Waals surface area contributed by atoms with Crippen LogP contribution in [-0.4, -0.2) is 74.4 Å². The van der Waals surface area contributed by atoms with E-state index in [1.165, 1.54) is 22.3 Å². The average molecular weight is 761 g/mol. The summed E-state index contributed by atoms with van der Waals surface area (Å²) >= 11 is 0. The van der Waals surface area contributed by atoms with Crippen molar-refractivity contribution in [3.63, 3.8) is 0 Å². The van der Waals surface area contributed by atoms with E-state index in [9.17, 15) is 20.1 Å². The van der Waals surface area contributed by atoms with E-state index in [-0.39, 0.29) is 17.8 Å². The van der Waals surface area contributed by atoms with Crippen molar-refractivity contribution in [1.82, 2.24) is 9.47 Å². The number of aromatic nitrogens is 1. The highest BCUT2D eigenvalue weighted by molar-refractivity contribution is 5.86. The summed E-state index contributed by atoms with van der Waals surface area (Å²) in [6.07, 6.45) is 14.1. The lowest BCUT2D eigenvalue weighted by Gasteiger charge is -2.34. The summed E-state index contributed by atoms with van der Waals surface area (Å²) in [7, 11) is 0. The number of aryl methyl sites for hydroxylation is 1. The number of nitrogens with zero attached hydrogens (tertiary/aromatic N) is 3. The van der Waals surface area contributed by atoms with E-state index in [2.05, 4.69) is 82.0 Å². The number of fused-ring (bicyclic) bond motifs is 2. The second kappa shape index (κ2) is 19.2. The molecule has 2 fully saturated rings. The first-order valence-corrected chi connectivity index (χ1v) is 20.9. The van der Waals surface area contributed by atoms with Crippen LogP contribution >= 0.6 is 0 Å². The van der Waals surface area contributed by atoms with E-state index < -0.39 is 24.5 Å². The van der Waals surface area contributed by atoms with E-state index in [0.717, 1.165) is 68.5 Å². The van der Waals surface area contributed by atoms with Gasteiger partial charge in [0.05, 0.1) is 30.4 Å². The Bertz CT molecular complexity index is 1940. The number of rotatable bonds is 18. The molecule has 1 aliphatic carbocycles. The maximum atomic E-state index is 12.9. The van der Waals surface area contributed by atoms with Crippen molar-refractivity contribution in [3.8, 4) is 0 Å². The van der Waals surface area contributed by atoms with Gasteiger partial charge in [0.15, 0.2) is 6.23 Å². The molecule has 0 spiro atoms. The molecule has 3 heterocycles. The number of carbonyl (C=O) groups is 1. The third-order valence-corrected chi connectivity index (χ3v) is 12.2. The second-order valence-corrected chi connectivity index (χ2v) is 16.4. The van der Waals surface area contributed by atoms with Crippen LogP contribution in [0.4, 0.5) is 5.69 Å². The minimum absolute atomic E-state index is 0.0321. The first kappa shape index (κ1) is 39.9. The Morgan fingerprint density at radius 1 is 1.00 bits per heavy atom. The number of allylic oxidation sites excluding steroid dienone is 2. The second-order valence-electron chi connectivity index (χ2n) is 16.4. The molecule has 298 valence electrons. The van der Waals surface area contributed by atoms with Gasteiger partial charge in [-0.05, 0) is 141 Å². The minimum Gasteiger partial charge on any atom is -0.441 e. The number of unbranched alkanes of at least 4 members (excludes halogenated alkanes) is 1. The molecule has 3 aliphatic rings. The molecule has 1 saturated carbocycles. The van der Waals surface area contributed by atoms with Crippen molar-refractivity contribution in [3.05, 3.63) is 113 Å². The zero-order valence-electron chi connectivity index (χ0n) is 32.9. The van der Waals surface area contributed by atoms with Crippen molar-refractivity contribution in [2.24, 2.45) is 16.8 Å². The molecule has 7 rings (SSSR count). The molecule has 0 amide bonds. The van der Waals surface area contributed by atoms with Crippen LogP contribution < -0.4 is 5.32 Å². The average Bonchev–Trinajstić information content (AvgIpc) is 3.91. The van der Waals surface area contributed by atoms with Gasteiger partial charge in [0, 0.05) is 43.7 Å². The van der Waals surface area contributed by atoms with Gasteiger partial charge in [-0.1, -0.05) is 60.7 Å². The number of aliphatic hydroxyl groups is 3. The molecular formula is C47H60N4O5. The Labute approximate surface area is 332 Å². The van der Waals surface area contributed by atoms with Gasteiger partial charge in [0.2, 0.25) is 0 Å². The van der Waals surface area contributed by atoms with Crippen LogP contribution in [0.15, 0.2) is 96.1 Å². The highest BCUT2D eigenvalue weighted by Crippen LogP contribution is 2.38. The van der Waals surface area contributed by atoms with E-state index in [4.69, 9.17) is 4.74 Å². The molecule has 7 atom stereocenters. The van der Waals surface area contributed by atoms with Gasteiger partial charge in [0.1, 0.15) is 0 Å². The van der Waals surface area contributed by atoms with Gasteiger partial charge in [-0.3, -0.25) is 14.7 Å². The lowest BCUT2D eigenvalue weighted by molar-refractivity contribution is -0.152. The van der Waals surface area contributed by atoms with Crippen LogP contribution in [-0.2, 0) is 29.0 Å². The highest BCUT2D eigenvalue weighted by atomic mass is 16.6. The monoisotopic (exact) mass is 760 g/mol. The standard InChI is InChI=1S/C47H60N4O5/c1-33(56-47(55)14-8-3-2-7-13-42-43(46(54)28-45(42)53)22-21-41(52)20-16-34-10-5-4-6-11-34)51-25-23-36-17-15-35(26-44(36)51)31-50-24-9-12-40(32-50)49-39-19-18-37-29-48-30-38(37)27-39/h2,4-7,10-11,15,17-19,23,25-27,30,33,40-43,45-46,49,52-54H,3,8-9,12-14,16,20-22,24,28-29,31-32H2,1H3/b7-2-/t33?,40-,41+,42-,43-,45+,46-/m1/s1. The smallest absolute Gasteiger partial charge is 0.307 e. The fourth-order valence-electron chi connectivity index (χ4n) is 9.07. The van der Waals surface area contributed by atoms with Crippen LogP contribution in [0.2, 0.25) is 0 Å². The number of esters is 1. The lowest BCUT2D eigenvalue weighted by atomic mass is 9.85. The van der Waals surface area contributed by atoms with Gasteiger partial charge < -0.3 is 29.9 Å². The van der Waals surface area contributed by atoms with Crippen molar-refractivity contribution in [2.45, 2.75) is 121 Å². The number of ether oxygens (including phenoxy) is 1. The third kappa shape index (κ3) is 10.6. The minimum atomic E-state index is -0.548. The Balaban J connectivity index is 0.828. The summed E-state index contributed by atoms with van der Waals surface area (Å²) in [5, 5.41) is 36.9. The van der Waals surface area contributed by atoms with Crippen molar-refractivity contribution < 1.29 is 24.9 Å². The van der Waals surface area contributed by atoms with Crippen LogP contribution in [0, 0.1) is 11.8 Å². The van der Waals surface area contributed by atoms with E-state index in [1.807, 2.05) is 42.1 Å². The summed E-state index contributed by atoms with van der Waals surface area (Å²) in [5.41, 5.74) is 7.21. The molecule has 4 aromatic rings. The van der Waals surface area contributed by atoms with Gasteiger partial charge in [-0.2, -0.15) is 0 Å². The van der Waals surface area contributed by atoms with E-state index >= 15 is 0 Å². The Kier molecular flexibility index (Phi) is 13.7. The zero-order chi connectivity index (χ0) is 38.9. The molecule has 1 saturated heterocycles. The normalized spacial score (nSPS) is 23.5. The summed E-state index contributed by atoms with van der Waals surface area (Å²) in [4.78, 5) is 19.8. The number of hydrogen-bond acceptors (Lipinski definition) is 8. The van der Waals surface area contributed by atoms with Gasteiger partial charge in [0.25, 0.3) is 0 Å². The molecule has 9 nitrogen and oxygen atoms in total. The van der Waals surface area contributed by atoms with Crippen LogP contribution in [0.1, 0.15) is 99.6 Å². The van der Waals surface area contributed by atoms with Crippen molar-refractivity contribution >= 4 is 28.8 Å². The molecule has 0 radical (unpaired) electrons. The Morgan fingerprint density at radius 2 is 1.86 bits per heavy atom. The molecular weight excluding hydrogens is 701 g/mol. The molecule has 1 unspecified atom stereocenters. The first-order chi connectivity index (χ1) is 27.3. The fourth-order valence-corrected chi connectivity index (χ4v) is 9.07. The molecule has 4 N–H and O–H groups in total. The van der Waals surface area contributed by atoms with Crippen molar-refractivity contribution in [2.75, 3.05) is 18.4 Å². The van der Waals surface area contributed by atoms with Gasteiger partial charge in [-0.15, -0.1) is 0 Å². The number of likely N-dealkylation sites (tertiary alicyclic amines) is 1. The van der Waals surface area contributed by atoms with Crippen LogP contribution in [0.5, 0.6) is 0 Å². The number of anilines is 1. The number of nitrogens with one attached hydrogen (secondary N) is 1. The number of carbonyl (C=O) groups excluding carboxylic acids is 1. The molecule has 56 heavy (non-hydrogen) atoms. The maximum Gasteiger partial charge on any atom is 0.307 e. The molecule has 2 aliphatic heterocycles. The first-order valence-electron chi connectivity index (χ1n) is 20.9. The third-order valence-electron chi connectivity index (χ3n) is 12.2. The summed E-state index contributed by atoms with van der Waals surface area (Å²) < 4.78 is 7.95. The number of piperidine rings is 1. The summed E-state index contributed by atoms with van der Waals surface area (Å²) in [6, 6.07) is 25.8. The predicted molar refractivity (Wildman–Crippen MR) is 224 cm³/mol. The Hall–Kier alpha value is -4.28. The topological polar surface area (TPSA) is 120 Å². The largest absolute Gasteiger partial charge is 0.441 e. The van der Waals surface area contributed by atoms with Gasteiger partial charge >= 0.3 is 5.97 Å². The number of hydrogen-bond donors (Lipinski definition) is 4. The van der Waals surface area contributed by atoms with Crippen LogP contribution in [0.3, 0.4) is 0 Å². The maximum absolute atomic E-state index is 12.9. The quantitative estimate of drug-likeness (QED) is 0.0462. The summed E-state index contributed by atoms with van der Waals surface area (Å²) in [5.74, 6) is -0.281. The fraction of sp³-hybridized carbons (Fsp3) is 0.489. The SMILES string of the molecule is CC(OC(=O)CCC/C=C\C[C@@H]1[C@@H](CC[C@@H](O)CCc2ccccc2)[C@H](O)C[C@@H]1O)n1ccc2ccc(CN3CCC[C@@H](Nc4ccc5c(c4)C=NC5)C3)cc21. The molecule has 3 aromatic carbocycles. The lowest BCUT2D eigenvalue weighted by Crippen LogP contribution is -2.41. The highest BCUT2D eigenvalue weighted by Gasteiger charge is 2.40. The number of benzene rings is 3. The predicted octanol–water partition coefficient (Wildman–Crippen LogP) is 7.96.